The van der Waals surface area contributed by atoms with Crippen molar-refractivity contribution < 1.29 is 9.21 Å². The topological polar surface area (TPSA) is 85.8 Å². The maximum atomic E-state index is 12.5. The van der Waals surface area contributed by atoms with Crippen molar-refractivity contribution in [3.05, 3.63) is 47.1 Å². The SMILES string of the molecule is Cn1nc(-c2ccccc2Cl)nc1NC(=O)c1ncoc1C1CC1. The number of rotatable bonds is 4. The summed E-state index contributed by atoms with van der Waals surface area (Å²) in [4.78, 5) is 20.8. The number of amides is 1. The summed E-state index contributed by atoms with van der Waals surface area (Å²) >= 11 is 6.17. The summed E-state index contributed by atoms with van der Waals surface area (Å²) in [5.74, 6) is 1.35. The molecule has 1 N–H and O–H groups in total. The summed E-state index contributed by atoms with van der Waals surface area (Å²) < 4.78 is 6.83. The zero-order chi connectivity index (χ0) is 16.7. The highest BCUT2D eigenvalue weighted by atomic mass is 35.5. The highest BCUT2D eigenvalue weighted by Gasteiger charge is 2.32. The Labute approximate surface area is 142 Å². The van der Waals surface area contributed by atoms with Crippen molar-refractivity contribution >= 4 is 23.5 Å². The average Bonchev–Trinajstić information content (AvgIpc) is 3.18. The van der Waals surface area contributed by atoms with E-state index >= 15 is 0 Å². The molecule has 1 amide bonds. The van der Waals surface area contributed by atoms with Crippen LogP contribution in [0.15, 0.2) is 35.1 Å². The van der Waals surface area contributed by atoms with E-state index in [2.05, 4.69) is 20.4 Å². The summed E-state index contributed by atoms with van der Waals surface area (Å²) in [6, 6.07) is 7.28. The maximum absolute atomic E-state index is 12.5. The van der Waals surface area contributed by atoms with Gasteiger partial charge in [0.05, 0.1) is 5.02 Å². The van der Waals surface area contributed by atoms with Gasteiger partial charge in [0.1, 0.15) is 5.76 Å². The molecule has 2 aromatic heterocycles. The number of hydrogen-bond acceptors (Lipinski definition) is 5. The molecule has 0 saturated heterocycles. The van der Waals surface area contributed by atoms with Crippen LogP contribution in [0.4, 0.5) is 5.95 Å². The minimum Gasteiger partial charge on any atom is -0.447 e. The number of nitrogens with one attached hydrogen (secondary N) is 1. The van der Waals surface area contributed by atoms with Gasteiger partial charge in [-0.25, -0.2) is 9.67 Å². The first-order chi connectivity index (χ1) is 11.6. The molecule has 122 valence electrons. The van der Waals surface area contributed by atoms with E-state index in [4.69, 9.17) is 16.0 Å². The molecule has 24 heavy (non-hydrogen) atoms. The van der Waals surface area contributed by atoms with E-state index in [-0.39, 0.29) is 5.91 Å². The van der Waals surface area contributed by atoms with Gasteiger partial charge in [0.2, 0.25) is 5.95 Å². The van der Waals surface area contributed by atoms with Crippen LogP contribution in [0.5, 0.6) is 0 Å². The van der Waals surface area contributed by atoms with E-state index < -0.39 is 0 Å². The Morgan fingerprint density at radius 1 is 1.38 bits per heavy atom. The van der Waals surface area contributed by atoms with Crippen molar-refractivity contribution in [3.8, 4) is 11.4 Å². The molecule has 8 heteroatoms. The van der Waals surface area contributed by atoms with Crippen molar-refractivity contribution in [2.24, 2.45) is 7.05 Å². The van der Waals surface area contributed by atoms with Gasteiger partial charge in [-0.3, -0.25) is 10.1 Å². The van der Waals surface area contributed by atoms with Gasteiger partial charge in [0.25, 0.3) is 5.91 Å². The lowest BCUT2D eigenvalue weighted by atomic mass is 10.2. The maximum Gasteiger partial charge on any atom is 0.280 e. The van der Waals surface area contributed by atoms with Gasteiger partial charge >= 0.3 is 0 Å². The Bertz CT molecular complexity index is 913. The molecule has 1 aromatic carbocycles. The molecule has 1 saturated carbocycles. The number of carbonyl (C=O) groups excluding carboxylic acids is 1. The lowest BCUT2D eigenvalue weighted by Gasteiger charge is -2.02. The first-order valence-corrected chi connectivity index (χ1v) is 7.92. The third-order valence-electron chi connectivity index (χ3n) is 3.86. The molecule has 0 bridgehead atoms. The van der Waals surface area contributed by atoms with Crippen LogP contribution in [0.3, 0.4) is 0 Å². The molecule has 7 nitrogen and oxygen atoms in total. The Kier molecular flexibility index (Phi) is 3.57. The lowest BCUT2D eigenvalue weighted by Crippen LogP contribution is -2.17. The molecular formula is C16H14ClN5O2. The fourth-order valence-corrected chi connectivity index (χ4v) is 2.69. The molecule has 0 radical (unpaired) electrons. The number of halogens is 1. The molecule has 1 aliphatic rings. The van der Waals surface area contributed by atoms with Crippen molar-refractivity contribution in [1.82, 2.24) is 19.7 Å². The number of hydrogen-bond donors (Lipinski definition) is 1. The van der Waals surface area contributed by atoms with Crippen LogP contribution in [0.25, 0.3) is 11.4 Å². The number of aromatic nitrogens is 4. The quantitative estimate of drug-likeness (QED) is 0.785. The lowest BCUT2D eigenvalue weighted by molar-refractivity contribution is 0.101. The zero-order valence-electron chi connectivity index (χ0n) is 12.9. The third kappa shape index (κ3) is 2.67. The van der Waals surface area contributed by atoms with Gasteiger partial charge in [0, 0.05) is 18.5 Å². The van der Waals surface area contributed by atoms with Crippen LogP contribution < -0.4 is 5.32 Å². The standard InChI is InChI=1S/C16H14ClN5O2/c1-22-16(19-14(21-22)10-4-2-3-5-11(10)17)20-15(23)12-13(9-6-7-9)24-8-18-12/h2-5,8-9H,6-7H2,1H3,(H,19,20,21,23). The fraction of sp³-hybridized carbons (Fsp3) is 0.250. The number of oxazole rings is 1. The summed E-state index contributed by atoms with van der Waals surface area (Å²) in [6.07, 6.45) is 3.35. The second-order valence-corrected chi connectivity index (χ2v) is 6.06. The average molecular weight is 344 g/mol. The number of anilines is 1. The molecule has 1 fully saturated rings. The van der Waals surface area contributed by atoms with E-state index in [1.54, 1.807) is 13.1 Å². The van der Waals surface area contributed by atoms with Crippen LogP contribution in [0, 0.1) is 0 Å². The van der Waals surface area contributed by atoms with E-state index in [0.717, 1.165) is 12.8 Å². The first-order valence-electron chi connectivity index (χ1n) is 7.54. The summed E-state index contributed by atoms with van der Waals surface area (Å²) in [7, 11) is 1.70. The number of nitrogens with zero attached hydrogens (tertiary/aromatic N) is 4. The molecule has 3 aromatic rings. The number of carbonyl (C=O) groups is 1. The van der Waals surface area contributed by atoms with Gasteiger partial charge in [-0.05, 0) is 25.0 Å². The van der Waals surface area contributed by atoms with Gasteiger partial charge < -0.3 is 4.42 Å². The van der Waals surface area contributed by atoms with E-state index in [0.29, 0.717) is 39.7 Å². The van der Waals surface area contributed by atoms with Crippen molar-refractivity contribution in [2.75, 3.05) is 5.32 Å². The van der Waals surface area contributed by atoms with Crippen LogP contribution in [-0.4, -0.2) is 25.7 Å². The van der Waals surface area contributed by atoms with Crippen LogP contribution >= 0.6 is 11.6 Å². The Morgan fingerprint density at radius 2 is 2.17 bits per heavy atom. The number of aryl methyl sites for hydroxylation is 1. The monoisotopic (exact) mass is 343 g/mol. The Balaban J connectivity index is 1.60. The van der Waals surface area contributed by atoms with E-state index in [9.17, 15) is 4.79 Å². The van der Waals surface area contributed by atoms with Gasteiger partial charge in [-0.1, -0.05) is 23.7 Å². The van der Waals surface area contributed by atoms with Gasteiger partial charge in [-0.2, -0.15) is 4.98 Å². The minimum absolute atomic E-state index is 0.298. The Hall–Kier alpha value is -2.67. The fourth-order valence-electron chi connectivity index (χ4n) is 2.47. The van der Waals surface area contributed by atoms with Crippen molar-refractivity contribution in [3.63, 3.8) is 0 Å². The predicted octanol–water partition coefficient (Wildman–Crippen LogP) is 3.25. The first kappa shape index (κ1) is 14.9. The zero-order valence-corrected chi connectivity index (χ0v) is 13.6. The molecule has 0 atom stereocenters. The smallest absolute Gasteiger partial charge is 0.280 e. The highest BCUT2D eigenvalue weighted by Crippen LogP contribution is 2.41. The van der Waals surface area contributed by atoms with Crippen LogP contribution in [0.2, 0.25) is 5.02 Å². The van der Waals surface area contributed by atoms with Crippen molar-refractivity contribution in [2.45, 2.75) is 18.8 Å². The van der Waals surface area contributed by atoms with Crippen LogP contribution in [-0.2, 0) is 7.05 Å². The minimum atomic E-state index is -0.355. The van der Waals surface area contributed by atoms with Crippen molar-refractivity contribution in [1.29, 1.82) is 0 Å². The van der Waals surface area contributed by atoms with Crippen LogP contribution in [0.1, 0.15) is 35.0 Å². The summed E-state index contributed by atoms with van der Waals surface area (Å²) in [5.41, 5.74) is 1.01. The molecule has 0 aliphatic heterocycles. The Morgan fingerprint density at radius 3 is 2.92 bits per heavy atom. The summed E-state index contributed by atoms with van der Waals surface area (Å²) in [5, 5.41) is 7.59. The molecule has 4 rings (SSSR count). The predicted molar refractivity (Wildman–Crippen MR) is 87.9 cm³/mol. The third-order valence-corrected chi connectivity index (χ3v) is 4.19. The molecule has 0 unspecified atom stereocenters. The molecule has 0 spiro atoms. The van der Waals surface area contributed by atoms with E-state index in [1.807, 2.05) is 18.2 Å². The second kappa shape index (κ2) is 5.76. The normalized spacial score (nSPS) is 13.9. The molecular weight excluding hydrogens is 330 g/mol. The molecule has 2 heterocycles. The van der Waals surface area contributed by atoms with Gasteiger partial charge in [-0.15, -0.1) is 5.10 Å². The van der Waals surface area contributed by atoms with E-state index in [1.165, 1.54) is 11.1 Å². The van der Waals surface area contributed by atoms with Gasteiger partial charge in [0.15, 0.2) is 17.9 Å². The molecule has 1 aliphatic carbocycles. The number of benzene rings is 1. The largest absolute Gasteiger partial charge is 0.447 e. The second-order valence-electron chi connectivity index (χ2n) is 5.66. The summed E-state index contributed by atoms with van der Waals surface area (Å²) in [6.45, 7) is 0. The highest BCUT2D eigenvalue weighted by molar-refractivity contribution is 6.33.